The van der Waals surface area contributed by atoms with Crippen molar-refractivity contribution in [3.05, 3.63) is 46.8 Å². The highest BCUT2D eigenvalue weighted by molar-refractivity contribution is 5.91. The van der Waals surface area contributed by atoms with Crippen LogP contribution in [0.5, 0.6) is 23.0 Å². The number of hydrogen-bond acceptors (Lipinski definition) is 6. The van der Waals surface area contributed by atoms with Gasteiger partial charge >= 0.3 is 0 Å². The highest BCUT2D eigenvalue weighted by Crippen LogP contribution is 2.41. The predicted molar refractivity (Wildman–Crippen MR) is 83.1 cm³/mol. The molecule has 0 radical (unpaired) electrons. The summed E-state index contributed by atoms with van der Waals surface area (Å²) in [4.78, 5) is 12.6. The van der Waals surface area contributed by atoms with Gasteiger partial charge in [-0.1, -0.05) is 12.1 Å². The number of phenolic OH excluding ortho intramolecular Hbond substituents is 3. The Labute approximate surface area is 129 Å². The van der Waals surface area contributed by atoms with Crippen LogP contribution in [0.1, 0.15) is 0 Å². The molecule has 0 aliphatic rings. The van der Waals surface area contributed by atoms with Crippen LogP contribution in [0, 0.1) is 0 Å². The van der Waals surface area contributed by atoms with Crippen molar-refractivity contribution < 1.29 is 29.9 Å². The van der Waals surface area contributed by atoms with E-state index in [1.54, 1.807) is 12.1 Å². The van der Waals surface area contributed by atoms with Crippen molar-refractivity contribution in [2.45, 2.75) is 0 Å². The molecule has 0 aliphatic carbocycles. The summed E-state index contributed by atoms with van der Waals surface area (Å²) in [5.41, 5.74) is 0.321. The molecule has 1 heterocycles. The molecule has 0 fully saturated rings. The van der Waals surface area contributed by atoms with Crippen LogP contribution in [0.25, 0.3) is 22.1 Å². The number of ether oxygens (including phenoxy) is 1. The maximum Gasteiger partial charge on any atom is 0.204 e. The molecule has 3 rings (SSSR count). The first-order valence-electron chi connectivity index (χ1n) is 6.36. The average molecular weight is 318 g/mol. The SMILES string of the molecule is COc1c(O)cc2occ(-c3ccc(O)cc3)c(=O)c2c1O.O. The van der Waals surface area contributed by atoms with Gasteiger partial charge in [0.15, 0.2) is 11.5 Å². The Morgan fingerprint density at radius 1 is 1.09 bits per heavy atom. The standard InChI is InChI=1S/C16H12O6.H2O/c1-21-16-11(18)6-12-13(15(16)20)14(19)10(7-22-12)8-2-4-9(17)5-3-8;/h2-7,17-18,20H,1H3;1H2. The molecule has 0 aliphatic heterocycles. The summed E-state index contributed by atoms with van der Waals surface area (Å²) < 4.78 is 10.2. The summed E-state index contributed by atoms with van der Waals surface area (Å²) in [6.45, 7) is 0. The molecule has 0 saturated heterocycles. The number of aromatic hydroxyl groups is 3. The number of benzene rings is 2. The van der Waals surface area contributed by atoms with E-state index < -0.39 is 11.2 Å². The smallest absolute Gasteiger partial charge is 0.204 e. The van der Waals surface area contributed by atoms with Crippen LogP contribution in [-0.2, 0) is 0 Å². The molecule has 5 N–H and O–H groups in total. The lowest BCUT2D eigenvalue weighted by molar-refractivity contribution is 0.346. The van der Waals surface area contributed by atoms with E-state index in [9.17, 15) is 20.1 Å². The fourth-order valence-corrected chi connectivity index (χ4v) is 2.28. The Kier molecular flexibility index (Phi) is 4.15. The second kappa shape index (κ2) is 5.90. The van der Waals surface area contributed by atoms with Crippen LogP contribution in [0.2, 0.25) is 0 Å². The molecule has 3 aromatic rings. The predicted octanol–water partition coefficient (Wildman–Crippen LogP) is 1.76. The van der Waals surface area contributed by atoms with E-state index in [0.29, 0.717) is 5.56 Å². The highest BCUT2D eigenvalue weighted by Gasteiger charge is 2.19. The van der Waals surface area contributed by atoms with Crippen LogP contribution < -0.4 is 10.2 Å². The van der Waals surface area contributed by atoms with Gasteiger partial charge in [-0.15, -0.1) is 0 Å². The number of phenols is 3. The minimum atomic E-state index is -0.480. The zero-order valence-electron chi connectivity index (χ0n) is 12.0. The lowest BCUT2D eigenvalue weighted by atomic mass is 10.0. The molecule has 1 aromatic heterocycles. The lowest BCUT2D eigenvalue weighted by Crippen LogP contribution is -2.05. The molecule has 120 valence electrons. The van der Waals surface area contributed by atoms with E-state index in [0.717, 1.165) is 0 Å². The molecule has 0 unspecified atom stereocenters. The third-order valence-electron chi connectivity index (χ3n) is 3.36. The zero-order valence-corrected chi connectivity index (χ0v) is 12.0. The van der Waals surface area contributed by atoms with Gasteiger partial charge in [0, 0.05) is 6.07 Å². The monoisotopic (exact) mass is 318 g/mol. The molecule has 0 atom stereocenters. The Hall–Kier alpha value is -3.19. The third-order valence-corrected chi connectivity index (χ3v) is 3.36. The minimum absolute atomic E-state index is 0. The summed E-state index contributed by atoms with van der Waals surface area (Å²) in [7, 11) is 1.27. The summed E-state index contributed by atoms with van der Waals surface area (Å²) in [6, 6.07) is 7.20. The van der Waals surface area contributed by atoms with E-state index >= 15 is 0 Å². The average Bonchev–Trinajstić information content (AvgIpc) is 2.49. The Bertz CT molecular complexity index is 910. The first-order valence-corrected chi connectivity index (χ1v) is 6.36. The topological polar surface area (TPSA) is 132 Å². The van der Waals surface area contributed by atoms with E-state index in [1.165, 1.54) is 31.6 Å². The fraction of sp³-hybridized carbons (Fsp3) is 0.0625. The molecular weight excluding hydrogens is 304 g/mol. The van der Waals surface area contributed by atoms with Crippen LogP contribution in [0.15, 0.2) is 45.8 Å². The first-order chi connectivity index (χ1) is 10.5. The molecule has 0 bridgehead atoms. The fourth-order valence-electron chi connectivity index (χ4n) is 2.28. The van der Waals surface area contributed by atoms with Crippen molar-refractivity contribution in [3.63, 3.8) is 0 Å². The molecule has 0 spiro atoms. The first kappa shape index (κ1) is 16.2. The molecule has 0 saturated carbocycles. The van der Waals surface area contributed by atoms with Crippen LogP contribution >= 0.6 is 0 Å². The molecule has 23 heavy (non-hydrogen) atoms. The van der Waals surface area contributed by atoms with Gasteiger partial charge in [-0.25, -0.2) is 0 Å². The Morgan fingerprint density at radius 3 is 2.35 bits per heavy atom. The maximum atomic E-state index is 12.6. The molecular formula is C16H14O7. The number of fused-ring (bicyclic) bond motifs is 1. The maximum absolute atomic E-state index is 12.6. The van der Waals surface area contributed by atoms with E-state index in [-0.39, 0.29) is 39.3 Å². The number of rotatable bonds is 2. The number of methoxy groups -OCH3 is 1. The summed E-state index contributed by atoms with van der Waals surface area (Å²) in [6.07, 6.45) is 1.24. The van der Waals surface area contributed by atoms with Gasteiger partial charge in [-0.2, -0.15) is 0 Å². The van der Waals surface area contributed by atoms with E-state index in [2.05, 4.69) is 0 Å². The van der Waals surface area contributed by atoms with Gasteiger partial charge in [0.2, 0.25) is 11.2 Å². The second-order valence-electron chi connectivity index (χ2n) is 4.68. The van der Waals surface area contributed by atoms with E-state index in [4.69, 9.17) is 9.15 Å². The van der Waals surface area contributed by atoms with Crippen molar-refractivity contribution in [1.82, 2.24) is 0 Å². The van der Waals surface area contributed by atoms with Gasteiger partial charge in [0.1, 0.15) is 23.0 Å². The van der Waals surface area contributed by atoms with Crippen LogP contribution in [0.4, 0.5) is 0 Å². The Morgan fingerprint density at radius 2 is 1.74 bits per heavy atom. The van der Waals surface area contributed by atoms with Crippen LogP contribution in [0.3, 0.4) is 0 Å². The van der Waals surface area contributed by atoms with Crippen molar-refractivity contribution in [2.24, 2.45) is 0 Å². The molecule has 2 aromatic carbocycles. The highest BCUT2D eigenvalue weighted by atomic mass is 16.5. The molecule has 7 heteroatoms. The number of hydrogen-bond donors (Lipinski definition) is 3. The minimum Gasteiger partial charge on any atom is -0.508 e. The van der Waals surface area contributed by atoms with Crippen molar-refractivity contribution >= 4 is 11.0 Å². The van der Waals surface area contributed by atoms with Gasteiger partial charge in [0.05, 0.1) is 12.7 Å². The third kappa shape index (κ3) is 2.53. The quantitative estimate of drug-likeness (QED) is 0.659. The van der Waals surface area contributed by atoms with Gasteiger partial charge in [-0.3, -0.25) is 4.79 Å². The zero-order chi connectivity index (χ0) is 15.9. The van der Waals surface area contributed by atoms with Gasteiger partial charge < -0.3 is 29.9 Å². The second-order valence-corrected chi connectivity index (χ2v) is 4.68. The van der Waals surface area contributed by atoms with E-state index in [1.807, 2.05) is 0 Å². The Balaban J connectivity index is 0.00000192. The summed E-state index contributed by atoms with van der Waals surface area (Å²) in [5, 5.41) is 29.1. The van der Waals surface area contributed by atoms with Gasteiger partial charge in [0.25, 0.3) is 0 Å². The summed E-state index contributed by atoms with van der Waals surface area (Å²) in [5.74, 6) is -0.925. The largest absolute Gasteiger partial charge is 0.508 e. The van der Waals surface area contributed by atoms with Crippen molar-refractivity contribution in [2.75, 3.05) is 7.11 Å². The lowest BCUT2D eigenvalue weighted by Gasteiger charge is -2.09. The van der Waals surface area contributed by atoms with Crippen molar-refractivity contribution in [1.29, 1.82) is 0 Å². The summed E-state index contributed by atoms with van der Waals surface area (Å²) >= 11 is 0. The normalized spacial score (nSPS) is 10.3. The van der Waals surface area contributed by atoms with Gasteiger partial charge in [-0.05, 0) is 17.7 Å². The van der Waals surface area contributed by atoms with Crippen molar-refractivity contribution in [3.8, 4) is 34.1 Å². The molecule has 0 amide bonds. The van der Waals surface area contributed by atoms with Crippen LogP contribution in [-0.4, -0.2) is 27.9 Å². The molecule has 7 nitrogen and oxygen atoms in total.